The zero-order valence-corrected chi connectivity index (χ0v) is 15.4. The fourth-order valence-electron chi connectivity index (χ4n) is 4.49. The Labute approximate surface area is 154 Å². The number of halogens is 1. The Morgan fingerprint density at radius 1 is 1.00 bits per heavy atom. The standard InChI is InChI=1S/C22H26FNO2/c1-24-18-12-16(13-18)21(11-15-3-7-19(25-2)8-4-15)22(24)14-26-20-9-5-17(23)6-10-20/h3-10,16,18,21-22H,11-14H2,1-2H3/t16?,18?,21-,22-/m0/s1. The molecule has 0 aromatic heterocycles. The van der Waals surface area contributed by atoms with Gasteiger partial charge in [-0.05, 0) is 80.1 Å². The lowest BCUT2D eigenvalue weighted by atomic mass is 9.63. The molecule has 2 atom stereocenters. The van der Waals surface area contributed by atoms with Crippen molar-refractivity contribution in [2.75, 3.05) is 20.8 Å². The van der Waals surface area contributed by atoms with Crippen molar-refractivity contribution < 1.29 is 13.9 Å². The Morgan fingerprint density at radius 2 is 1.65 bits per heavy atom. The van der Waals surface area contributed by atoms with Crippen molar-refractivity contribution in [3.63, 3.8) is 0 Å². The first kappa shape index (κ1) is 17.3. The maximum Gasteiger partial charge on any atom is 0.123 e. The minimum absolute atomic E-state index is 0.231. The monoisotopic (exact) mass is 355 g/mol. The van der Waals surface area contributed by atoms with E-state index in [2.05, 4.69) is 24.1 Å². The maximum atomic E-state index is 13.1. The molecule has 26 heavy (non-hydrogen) atoms. The number of benzene rings is 2. The van der Waals surface area contributed by atoms with Gasteiger partial charge in [-0.1, -0.05) is 12.1 Å². The molecule has 0 spiro atoms. The molecule has 3 nitrogen and oxygen atoms in total. The van der Waals surface area contributed by atoms with E-state index in [0.29, 0.717) is 24.6 Å². The lowest BCUT2D eigenvalue weighted by molar-refractivity contribution is -0.0788. The fourth-order valence-corrected chi connectivity index (χ4v) is 4.49. The molecule has 2 aliphatic heterocycles. The molecule has 0 N–H and O–H groups in total. The van der Waals surface area contributed by atoms with E-state index in [0.717, 1.165) is 23.8 Å². The number of rotatable bonds is 6. The van der Waals surface area contributed by atoms with Gasteiger partial charge >= 0.3 is 0 Å². The summed E-state index contributed by atoms with van der Waals surface area (Å²) in [5.74, 6) is 2.77. The van der Waals surface area contributed by atoms with Crippen molar-refractivity contribution >= 4 is 0 Å². The van der Waals surface area contributed by atoms with E-state index in [1.165, 1.54) is 30.5 Å². The van der Waals surface area contributed by atoms with Gasteiger partial charge in [-0.25, -0.2) is 4.39 Å². The van der Waals surface area contributed by atoms with E-state index < -0.39 is 0 Å². The summed E-state index contributed by atoms with van der Waals surface area (Å²) < 4.78 is 24.4. The number of piperidine rings is 2. The summed E-state index contributed by atoms with van der Waals surface area (Å²) in [7, 11) is 3.92. The molecule has 3 fully saturated rings. The summed E-state index contributed by atoms with van der Waals surface area (Å²) in [6.07, 6.45) is 3.65. The highest BCUT2D eigenvalue weighted by Crippen LogP contribution is 2.47. The molecule has 5 rings (SSSR count). The van der Waals surface area contributed by atoms with Crippen molar-refractivity contribution in [2.24, 2.45) is 11.8 Å². The number of ether oxygens (including phenoxy) is 2. The van der Waals surface area contributed by atoms with Crippen molar-refractivity contribution in [1.29, 1.82) is 0 Å². The molecule has 2 aromatic rings. The second-order valence-electron chi connectivity index (χ2n) is 7.60. The smallest absolute Gasteiger partial charge is 0.123 e. The number of likely N-dealkylation sites (N-methyl/N-ethyl adjacent to an activating group) is 1. The number of methoxy groups -OCH3 is 1. The van der Waals surface area contributed by atoms with Gasteiger partial charge in [0.1, 0.15) is 23.9 Å². The minimum atomic E-state index is -0.231. The molecule has 2 bridgehead atoms. The van der Waals surface area contributed by atoms with Gasteiger partial charge in [0, 0.05) is 12.1 Å². The van der Waals surface area contributed by atoms with Gasteiger partial charge < -0.3 is 9.47 Å². The van der Waals surface area contributed by atoms with Gasteiger partial charge in [0.25, 0.3) is 0 Å². The van der Waals surface area contributed by atoms with E-state index in [1.54, 1.807) is 19.2 Å². The first-order valence-electron chi connectivity index (χ1n) is 9.37. The molecule has 1 saturated carbocycles. The summed E-state index contributed by atoms with van der Waals surface area (Å²) in [6, 6.07) is 15.8. The summed E-state index contributed by atoms with van der Waals surface area (Å²) in [6.45, 7) is 0.649. The van der Waals surface area contributed by atoms with Crippen LogP contribution >= 0.6 is 0 Å². The Morgan fingerprint density at radius 3 is 2.31 bits per heavy atom. The van der Waals surface area contributed by atoms with E-state index in [1.807, 2.05) is 12.1 Å². The second-order valence-corrected chi connectivity index (χ2v) is 7.60. The molecule has 138 valence electrons. The fraction of sp³-hybridized carbons (Fsp3) is 0.455. The molecule has 3 aliphatic rings. The Hall–Kier alpha value is -2.07. The Kier molecular flexibility index (Phi) is 4.86. The third-order valence-corrected chi connectivity index (χ3v) is 6.21. The van der Waals surface area contributed by atoms with E-state index >= 15 is 0 Å². The van der Waals surface area contributed by atoms with E-state index in [9.17, 15) is 4.39 Å². The van der Waals surface area contributed by atoms with E-state index in [-0.39, 0.29) is 5.82 Å². The summed E-state index contributed by atoms with van der Waals surface area (Å²) in [4.78, 5) is 2.50. The third-order valence-electron chi connectivity index (χ3n) is 6.21. The quantitative estimate of drug-likeness (QED) is 0.776. The van der Waals surface area contributed by atoms with Crippen molar-refractivity contribution in [3.8, 4) is 11.5 Å². The van der Waals surface area contributed by atoms with Crippen LogP contribution in [0.1, 0.15) is 18.4 Å². The molecule has 2 heterocycles. The van der Waals surface area contributed by atoms with Crippen LogP contribution in [0.15, 0.2) is 48.5 Å². The maximum absolute atomic E-state index is 13.1. The number of hydrogen-bond donors (Lipinski definition) is 0. The molecule has 2 saturated heterocycles. The lowest BCUT2D eigenvalue weighted by Crippen LogP contribution is -2.62. The number of hydrogen-bond acceptors (Lipinski definition) is 3. The highest BCUT2D eigenvalue weighted by Gasteiger charge is 2.48. The largest absolute Gasteiger partial charge is 0.497 e. The van der Waals surface area contributed by atoms with Crippen LogP contribution in [0.2, 0.25) is 0 Å². The van der Waals surface area contributed by atoms with Crippen LogP contribution in [0.25, 0.3) is 0 Å². The zero-order valence-electron chi connectivity index (χ0n) is 15.4. The van der Waals surface area contributed by atoms with Gasteiger partial charge in [0.2, 0.25) is 0 Å². The van der Waals surface area contributed by atoms with Crippen LogP contribution in [-0.2, 0) is 6.42 Å². The minimum Gasteiger partial charge on any atom is -0.497 e. The number of nitrogens with zero attached hydrogens (tertiary/aromatic N) is 1. The normalized spacial score (nSPS) is 27.7. The topological polar surface area (TPSA) is 21.7 Å². The van der Waals surface area contributed by atoms with Gasteiger partial charge in [-0.3, -0.25) is 4.90 Å². The van der Waals surface area contributed by atoms with Crippen molar-refractivity contribution in [3.05, 3.63) is 59.9 Å². The van der Waals surface area contributed by atoms with Crippen LogP contribution in [0.4, 0.5) is 4.39 Å². The highest BCUT2D eigenvalue weighted by molar-refractivity contribution is 5.28. The van der Waals surface area contributed by atoms with Gasteiger partial charge in [-0.15, -0.1) is 0 Å². The second kappa shape index (κ2) is 7.28. The predicted octanol–water partition coefficient (Wildman–Crippen LogP) is 4.16. The van der Waals surface area contributed by atoms with Crippen LogP contribution < -0.4 is 9.47 Å². The highest BCUT2D eigenvalue weighted by atomic mass is 19.1. The zero-order chi connectivity index (χ0) is 18.1. The van der Waals surface area contributed by atoms with Crippen LogP contribution in [0.3, 0.4) is 0 Å². The van der Waals surface area contributed by atoms with Gasteiger partial charge in [-0.2, -0.15) is 0 Å². The summed E-state index contributed by atoms with van der Waals surface area (Å²) in [5, 5.41) is 0. The lowest BCUT2D eigenvalue weighted by Gasteiger charge is -2.57. The van der Waals surface area contributed by atoms with E-state index in [4.69, 9.17) is 9.47 Å². The average molecular weight is 355 g/mol. The van der Waals surface area contributed by atoms with Crippen LogP contribution in [-0.4, -0.2) is 37.7 Å². The SMILES string of the molecule is COc1ccc(C[C@H]2C3CC(C3)N(C)[C@H]2COc2ccc(F)cc2)cc1. The first-order chi connectivity index (χ1) is 12.6. The average Bonchev–Trinajstić information content (AvgIpc) is 2.62. The van der Waals surface area contributed by atoms with Crippen molar-refractivity contribution in [1.82, 2.24) is 4.90 Å². The molecule has 2 aromatic carbocycles. The molecule has 4 heteroatoms. The van der Waals surface area contributed by atoms with Crippen LogP contribution in [0, 0.1) is 17.7 Å². The molecule has 1 aliphatic carbocycles. The molecule has 0 amide bonds. The molecule has 0 radical (unpaired) electrons. The predicted molar refractivity (Wildman–Crippen MR) is 100 cm³/mol. The molecular weight excluding hydrogens is 329 g/mol. The van der Waals surface area contributed by atoms with Crippen molar-refractivity contribution in [2.45, 2.75) is 31.3 Å². The first-order valence-corrected chi connectivity index (χ1v) is 9.37. The molecular formula is C22H26FNO2. The van der Waals surface area contributed by atoms with Gasteiger partial charge in [0.15, 0.2) is 0 Å². The molecule has 0 unspecified atom stereocenters. The van der Waals surface area contributed by atoms with Gasteiger partial charge in [0.05, 0.1) is 7.11 Å². The summed E-state index contributed by atoms with van der Waals surface area (Å²) in [5.41, 5.74) is 1.35. The Balaban J connectivity index is 1.45. The van der Waals surface area contributed by atoms with Crippen LogP contribution in [0.5, 0.6) is 11.5 Å². The third kappa shape index (κ3) is 3.43. The summed E-state index contributed by atoms with van der Waals surface area (Å²) >= 11 is 0. The number of fused-ring (bicyclic) bond motifs is 2. The Bertz CT molecular complexity index is 725.